The minimum absolute atomic E-state index is 0.281. The Morgan fingerprint density at radius 1 is 1.00 bits per heavy atom. The molecule has 2 amide bonds. The van der Waals surface area contributed by atoms with Crippen LogP contribution in [-0.2, 0) is 10.3 Å². The zero-order chi connectivity index (χ0) is 23.0. The first kappa shape index (κ1) is 22.8. The van der Waals surface area contributed by atoms with E-state index in [1.54, 1.807) is 32.9 Å². The third kappa shape index (κ3) is 5.25. The third-order valence-electron chi connectivity index (χ3n) is 4.38. The first-order valence-corrected chi connectivity index (χ1v) is 10.7. The number of carbonyl (C=O) groups is 2. The molecule has 1 heterocycles. The van der Waals surface area contributed by atoms with E-state index in [2.05, 4.69) is 52.1 Å². The molecule has 0 bridgehead atoms. The second kappa shape index (κ2) is 8.34. The highest BCUT2D eigenvalue weighted by atomic mass is 79.9. The highest BCUT2D eigenvalue weighted by Crippen LogP contribution is 2.33. The summed E-state index contributed by atoms with van der Waals surface area (Å²) < 4.78 is 8.21. The lowest BCUT2D eigenvalue weighted by Gasteiger charge is -2.25. The van der Waals surface area contributed by atoms with Crippen LogP contribution in [0.25, 0.3) is 22.4 Å². The predicted octanol–water partition coefficient (Wildman–Crippen LogP) is 5.39. The minimum Gasteiger partial charge on any atom is -0.443 e. The van der Waals surface area contributed by atoms with Crippen molar-refractivity contribution in [1.29, 1.82) is 0 Å². The van der Waals surface area contributed by atoms with Crippen molar-refractivity contribution in [3.05, 3.63) is 52.5 Å². The summed E-state index contributed by atoms with van der Waals surface area (Å²) in [7, 11) is 0. The van der Waals surface area contributed by atoms with Crippen molar-refractivity contribution in [2.45, 2.75) is 52.7 Å². The van der Waals surface area contributed by atoms with Crippen LogP contribution >= 0.6 is 15.9 Å². The molecule has 2 N–H and O–H groups in total. The Bertz CT molecular complexity index is 1140. The van der Waals surface area contributed by atoms with Gasteiger partial charge < -0.3 is 9.30 Å². The molecular weight excluding hydrogens is 460 g/mol. The van der Waals surface area contributed by atoms with E-state index < -0.39 is 17.6 Å². The summed E-state index contributed by atoms with van der Waals surface area (Å²) in [5.41, 5.74) is 6.61. The largest absolute Gasteiger partial charge is 0.443 e. The van der Waals surface area contributed by atoms with Crippen LogP contribution in [0.4, 0.5) is 4.79 Å². The van der Waals surface area contributed by atoms with Gasteiger partial charge in [-0.15, -0.1) is 0 Å². The molecular formula is C23H27BrN4O3. The molecule has 0 spiro atoms. The van der Waals surface area contributed by atoms with Gasteiger partial charge in [0.05, 0.1) is 16.6 Å². The maximum Gasteiger partial charge on any atom is 0.426 e. The lowest BCUT2D eigenvalue weighted by atomic mass is 10.0. The van der Waals surface area contributed by atoms with Gasteiger partial charge in [-0.1, -0.05) is 34.1 Å². The number of benzene rings is 2. The number of nitrogens with zero attached hydrogens (tertiary/aromatic N) is 2. The molecule has 0 aliphatic heterocycles. The fourth-order valence-corrected chi connectivity index (χ4v) is 3.62. The summed E-state index contributed by atoms with van der Waals surface area (Å²) in [4.78, 5) is 29.7. The SMILES string of the molecule is CC(C)(C)OC(=O)NNC(=O)c1ccccc1-c1nc2cc(Br)ccc2n1C(C)(C)C. The zero-order valence-electron chi connectivity index (χ0n) is 18.5. The standard InChI is InChI=1S/C23H27BrN4O3/c1-22(2,3)28-18-12-11-14(24)13-17(18)25-19(28)15-9-7-8-10-16(15)20(29)26-27-21(30)31-23(4,5)6/h7-13H,1-6H3,(H,26,29)(H,27,30). The fraction of sp³-hybridized carbons (Fsp3) is 0.348. The lowest BCUT2D eigenvalue weighted by molar-refractivity contribution is 0.0483. The van der Waals surface area contributed by atoms with Crippen LogP contribution in [0.5, 0.6) is 0 Å². The Morgan fingerprint density at radius 2 is 1.68 bits per heavy atom. The average molecular weight is 487 g/mol. The molecule has 164 valence electrons. The number of carbonyl (C=O) groups excluding carboxylic acids is 2. The molecule has 0 aliphatic carbocycles. The lowest BCUT2D eigenvalue weighted by Crippen LogP contribution is -2.44. The third-order valence-corrected chi connectivity index (χ3v) is 4.87. The number of hydrogen-bond acceptors (Lipinski definition) is 4. The molecule has 7 nitrogen and oxygen atoms in total. The van der Waals surface area contributed by atoms with Crippen LogP contribution in [-0.4, -0.2) is 27.2 Å². The van der Waals surface area contributed by atoms with E-state index in [0.717, 1.165) is 15.5 Å². The first-order chi connectivity index (χ1) is 14.4. The van der Waals surface area contributed by atoms with E-state index in [1.165, 1.54) is 0 Å². The summed E-state index contributed by atoms with van der Waals surface area (Å²) in [6.07, 6.45) is -0.731. The summed E-state index contributed by atoms with van der Waals surface area (Å²) in [6.45, 7) is 11.5. The topological polar surface area (TPSA) is 85.2 Å². The molecule has 2 aromatic carbocycles. The van der Waals surface area contributed by atoms with Gasteiger partial charge >= 0.3 is 6.09 Å². The molecule has 0 radical (unpaired) electrons. The van der Waals surface area contributed by atoms with Gasteiger partial charge in [-0.05, 0) is 65.8 Å². The number of ether oxygens (including phenoxy) is 1. The molecule has 31 heavy (non-hydrogen) atoms. The molecule has 1 aromatic heterocycles. The molecule has 3 rings (SSSR count). The van der Waals surface area contributed by atoms with Crippen molar-refractivity contribution >= 4 is 39.0 Å². The Morgan fingerprint density at radius 3 is 2.32 bits per heavy atom. The van der Waals surface area contributed by atoms with E-state index in [0.29, 0.717) is 17.0 Å². The van der Waals surface area contributed by atoms with Crippen molar-refractivity contribution in [2.75, 3.05) is 0 Å². The first-order valence-electron chi connectivity index (χ1n) is 9.94. The number of halogens is 1. The van der Waals surface area contributed by atoms with Crippen molar-refractivity contribution < 1.29 is 14.3 Å². The molecule has 0 unspecified atom stereocenters. The summed E-state index contributed by atoms with van der Waals surface area (Å²) in [5.74, 6) is 0.207. The van der Waals surface area contributed by atoms with Crippen LogP contribution in [0.3, 0.4) is 0 Å². The van der Waals surface area contributed by atoms with Crippen molar-refractivity contribution in [3.8, 4) is 11.4 Å². The number of rotatable bonds is 2. The van der Waals surface area contributed by atoms with Gasteiger partial charge in [0.2, 0.25) is 0 Å². The van der Waals surface area contributed by atoms with E-state index in [9.17, 15) is 9.59 Å². The Labute approximate surface area is 190 Å². The van der Waals surface area contributed by atoms with Gasteiger partial charge in [-0.25, -0.2) is 15.2 Å². The second-order valence-electron chi connectivity index (χ2n) is 9.20. The maximum absolute atomic E-state index is 12.9. The number of amides is 2. The Hall–Kier alpha value is -2.87. The number of imidazole rings is 1. The van der Waals surface area contributed by atoms with Crippen LogP contribution < -0.4 is 10.9 Å². The van der Waals surface area contributed by atoms with Crippen LogP contribution in [0, 0.1) is 0 Å². The van der Waals surface area contributed by atoms with Crippen LogP contribution in [0.1, 0.15) is 51.9 Å². The zero-order valence-corrected chi connectivity index (χ0v) is 20.1. The summed E-state index contributed by atoms with van der Waals surface area (Å²) >= 11 is 3.50. The van der Waals surface area contributed by atoms with Gasteiger partial charge in [-0.2, -0.15) is 0 Å². The van der Waals surface area contributed by atoms with Gasteiger partial charge in [0.25, 0.3) is 5.91 Å². The monoisotopic (exact) mass is 486 g/mol. The number of fused-ring (bicyclic) bond motifs is 1. The highest BCUT2D eigenvalue weighted by Gasteiger charge is 2.25. The Balaban J connectivity index is 2.01. The van der Waals surface area contributed by atoms with E-state index >= 15 is 0 Å². The van der Waals surface area contributed by atoms with E-state index in [1.807, 2.05) is 30.3 Å². The second-order valence-corrected chi connectivity index (χ2v) is 10.1. The summed E-state index contributed by atoms with van der Waals surface area (Å²) in [5, 5.41) is 0. The number of nitrogens with one attached hydrogen (secondary N) is 2. The smallest absolute Gasteiger partial charge is 0.426 e. The molecule has 0 aliphatic rings. The van der Waals surface area contributed by atoms with Gasteiger partial charge in [0, 0.05) is 15.6 Å². The van der Waals surface area contributed by atoms with Gasteiger partial charge in [0.15, 0.2) is 0 Å². The molecule has 0 saturated carbocycles. The highest BCUT2D eigenvalue weighted by molar-refractivity contribution is 9.10. The quantitative estimate of drug-likeness (QED) is 0.475. The molecule has 0 saturated heterocycles. The van der Waals surface area contributed by atoms with Crippen molar-refractivity contribution in [1.82, 2.24) is 20.4 Å². The van der Waals surface area contributed by atoms with Crippen molar-refractivity contribution in [3.63, 3.8) is 0 Å². The van der Waals surface area contributed by atoms with Gasteiger partial charge in [-0.3, -0.25) is 10.2 Å². The maximum atomic E-state index is 12.9. The minimum atomic E-state index is -0.731. The van der Waals surface area contributed by atoms with Gasteiger partial charge in [0.1, 0.15) is 11.4 Å². The van der Waals surface area contributed by atoms with E-state index in [4.69, 9.17) is 9.72 Å². The van der Waals surface area contributed by atoms with Crippen LogP contribution in [0.15, 0.2) is 46.9 Å². The van der Waals surface area contributed by atoms with Crippen molar-refractivity contribution in [2.24, 2.45) is 0 Å². The van der Waals surface area contributed by atoms with Crippen LogP contribution in [0.2, 0.25) is 0 Å². The summed E-state index contributed by atoms with van der Waals surface area (Å²) in [6, 6.07) is 13.1. The average Bonchev–Trinajstić information content (AvgIpc) is 3.03. The predicted molar refractivity (Wildman–Crippen MR) is 125 cm³/mol. The fourth-order valence-electron chi connectivity index (χ4n) is 3.27. The molecule has 0 fully saturated rings. The molecule has 3 aromatic rings. The molecule has 8 heteroatoms. The number of hydrazine groups is 1. The molecule has 0 atom stereocenters. The number of hydrogen-bond donors (Lipinski definition) is 2. The Kier molecular flexibility index (Phi) is 6.14. The number of aromatic nitrogens is 2. The van der Waals surface area contributed by atoms with E-state index in [-0.39, 0.29) is 5.54 Å². The normalized spacial score (nSPS) is 12.0.